The minimum atomic E-state index is 1.18. The predicted molar refractivity (Wildman–Crippen MR) is 64.5 cm³/mol. The van der Waals surface area contributed by atoms with E-state index in [1.54, 1.807) is 0 Å². The monoisotopic (exact) mass is 252 g/mol. The Labute approximate surface area is 90.0 Å². The lowest BCUT2D eigenvalue weighted by atomic mass is 10.2. The molecule has 0 atom stereocenters. The maximum atomic E-state index is 3.45. The standard InChI is InChI=1S/C10H21BrS/c1-2-3-9-12-10-7-5-4-6-8-11/h2-10H2,1H3. The number of hydrogen-bond acceptors (Lipinski definition) is 1. The molecule has 0 heterocycles. The first-order chi connectivity index (χ1) is 5.91. The number of unbranched alkanes of at least 4 members (excludes halogenated alkanes) is 4. The minimum absolute atomic E-state index is 1.18. The molecule has 2 heteroatoms. The molecule has 0 saturated heterocycles. The highest BCUT2D eigenvalue weighted by molar-refractivity contribution is 9.09. The first kappa shape index (κ1) is 12.8. The smallest absolute Gasteiger partial charge is 0.00313 e. The van der Waals surface area contributed by atoms with Crippen molar-refractivity contribution in [3.8, 4) is 0 Å². The van der Waals surface area contributed by atoms with E-state index in [2.05, 4.69) is 34.6 Å². The third-order valence-electron chi connectivity index (χ3n) is 1.81. The Kier molecular flexibility index (Phi) is 12.6. The fourth-order valence-corrected chi connectivity index (χ4v) is 2.50. The van der Waals surface area contributed by atoms with Crippen molar-refractivity contribution >= 4 is 27.7 Å². The van der Waals surface area contributed by atoms with Crippen LogP contribution >= 0.6 is 27.7 Å². The van der Waals surface area contributed by atoms with Gasteiger partial charge in [0.15, 0.2) is 0 Å². The molecule has 0 aromatic heterocycles. The third-order valence-corrected chi connectivity index (χ3v) is 3.53. The summed E-state index contributed by atoms with van der Waals surface area (Å²) in [5.74, 6) is 2.75. The summed E-state index contributed by atoms with van der Waals surface area (Å²) < 4.78 is 0. The second-order valence-corrected chi connectivity index (χ2v) is 5.09. The first-order valence-electron chi connectivity index (χ1n) is 5.05. The van der Waals surface area contributed by atoms with Gasteiger partial charge in [-0.15, -0.1) is 0 Å². The molecule has 0 aromatic carbocycles. The molecule has 0 fully saturated rings. The zero-order chi connectivity index (χ0) is 9.07. The highest BCUT2D eigenvalue weighted by Crippen LogP contribution is 2.09. The van der Waals surface area contributed by atoms with Gasteiger partial charge >= 0.3 is 0 Å². The summed E-state index contributed by atoms with van der Waals surface area (Å²) in [7, 11) is 0. The van der Waals surface area contributed by atoms with E-state index >= 15 is 0 Å². The molecule has 0 aliphatic heterocycles. The van der Waals surface area contributed by atoms with Crippen LogP contribution in [0.2, 0.25) is 0 Å². The summed E-state index contributed by atoms with van der Waals surface area (Å²) in [5.41, 5.74) is 0. The Balaban J connectivity index is 2.73. The van der Waals surface area contributed by atoms with Crippen molar-refractivity contribution in [1.82, 2.24) is 0 Å². The van der Waals surface area contributed by atoms with Gasteiger partial charge in [0.05, 0.1) is 0 Å². The van der Waals surface area contributed by atoms with E-state index in [-0.39, 0.29) is 0 Å². The SMILES string of the molecule is CCCCSCCCCCCBr. The summed E-state index contributed by atoms with van der Waals surface area (Å²) in [6.07, 6.45) is 8.33. The molecule has 0 unspecified atom stereocenters. The molecular weight excluding hydrogens is 232 g/mol. The molecule has 12 heavy (non-hydrogen) atoms. The van der Waals surface area contributed by atoms with Crippen LogP contribution in [0.1, 0.15) is 45.4 Å². The average molecular weight is 253 g/mol. The Morgan fingerprint density at radius 3 is 2.25 bits per heavy atom. The van der Waals surface area contributed by atoms with Gasteiger partial charge in [-0.25, -0.2) is 0 Å². The Morgan fingerprint density at radius 1 is 0.917 bits per heavy atom. The van der Waals surface area contributed by atoms with Crippen LogP contribution < -0.4 is 0 Å². The van der Waals surface area contributed by atoms with Crippen LogP contribution in [-0.4, -0.2) is 16.8 Å². The summed E-state index contributed by atoms with van der Waals surface area (Å²) in [4.78, 5) is 0. The predicted octanol–water partition coefficient (Wildman–Crippen LogP) is 4.48. The lowest BCUT2D eigenvalue weighted by Crippen LogP contribution is -1.84. The fraction of sp³-hybridized carbons (Fsp3) is 1.00. The van der Waals surface area contributed by atoms with Gasteiger partial charge in [-0.3, -0.25) is 0 Å². The van der Waals surface area contributed by atoms with Crippen molar-refractivity contribution in [3.05, 3.63) is 0 Å². The fourth-order valence-electron chi connectivity index (χ4n) is 1.00. The summed E-state index contributed by atoms with van der Waals surface area (Å²) >= 11 is 5.57. The van der Waals surface area contributed by atoms with Gasteiger partial charge in [-0.1, -0.05) is 42.1 Å². The van der Waals surface area contributed by atoms with Gasteiger partial charge in [0, 0.05) is 5.33 Å². The van der Waals surface area contributed by atoms with Gasteiger partial charge in [0.25, 0.3) is 0 Å². The van der Waals surface area contributed by atoms with E-state index < -0.39 is 0 Å². The molecule has 0 N–H and O–H groups in total. The van der Waals surface area contributed by atoms with E-state index in [9.17, 15) is 0 Å². The largest absolute Gasteiger partial charge is 0.162 e. The van der Waals surface area contributed by atoms with Crippen molar-refractivity contribution in [3.63, 3.8) is 0 Å². The third kappa shape index (κ3) is 10.8. The maximum absolute atomic E-state index is 3.45. The van der Waals surface area contributed by atoms with Crippen molar-refractivity contribution in [1.29, 1.82) is 0 Å². The molecule has 0 aromatic rings. The van der Waals surface area contributed by atoms with Crippen molar-refractivity contribution in [2.45, 2.75) is 45.4 Å². The van der Waals surface area contributed by atoms with Gasteiger partial charge < -0.3 is 0 Å². The normalized spacial score (nSPS) is 10.5. The average Bonchev–Trinajstić information content (AvgIpc) is 2.10. The van der Waals surface area contributed by atoms with E-state index in [0.717, 1.165) is 0 Å². The molecule has 0 aliphatic carbocycles. The van der Waals surface area contributed by atoms with Gasteiger partial charge in [-0.05, 0) is 30.8 Å². The highest BCUT2D eigenvalue weighted by Gasteiger charge is 1.90. The van der Waals surface area contributed by atoms with Crippen LogP contribution in [0.4, 0.5) is 0 Å². The lowest BCUT2D eigenvalue weighted by Gasteiger charge is -1.99. The van der Waals surface area contributed by atoms with E-state index in [1.165, 1.54) is 55.4 Å². The van der Waals surface area contributed by atoms with Gasteiger partial charge in [0.2, 0.25) is 0 Å². The van der Waals surface area contributed by atoms with Crippen LogP contribution in [0.3, 0.4) is 0 Å². The molecule has 0 spiro atoms. The van der Waals surface area contributed by atoms with Crippen LogP contribution in [0.5, 0.6) is 0 Å². The molecule has 0 nitrogen and oxygen atoms in total. The molecule has 0 saturated carbocycles. The highest BCUT2D eigenvalue weighted by atomic mass is 79.9. The molecule has 0 rings (SSSR count). The van der Waals surface area contributed by atoms with Crippen molar-refractivity contribution in [2.75, 3.05) is 16.8 Å². The van der Waals surface area contributed by atoms with E-state index in [4.69, 9.17) is 0 Å². The van der Waals surface area contributed by atoms with Crippen LogP contribution in [-0.2, 0) is 0 Å². The van der Waals surface area contributed by atoms with Crippen LogP contribution in [0.25, 0.3) is 0 Å². The summed E-state index contributed by atoms with van der Waals surface area (Å²) in [6.45, 7) is 2.26. The summed E-state index contributed by atoms with van der Waals surface area (Å²) in [6, 6.07) is 0. The molecule has 0 bridgehead atoms. The topological polar surface area (TPSA) is 0 Å². The van der Waals surface area contributed by atoms with E-state index in [0.29, 0.717) is 0 Å². The Bertz CT molecular complexity index is 66.2. The van der Waals surface area contributed by atoms with Crippen LogP contribution in [0, 0.1) is 0 Å². The first-order valence-corrected chi connectivity index (χ1v) is 7.33. The molecule has 0 amide bonds. The molecule has 74 valence electrons. The number of halogens is 1. The van der Waals surface area contributed by atoms with Gasteiger partial charge in [0.1, 0.15) is 0 Å². The van der Waals surface area contributed by atoms with Crippen LogP contribution in [0.15, 0.2) is 0 Å². The van der Waals surface area contributed by atoms with Crippen molar-refractivity contribution in [2.24, 2.45) is 0 Å². The number of rotatable bonds is 9. The Hall–Kier alpha value is 0.830. The number of alkyl halides is 1. The molecular formula is C10H21BrS. The zero-order valence-corrected chi connectivity index (χ0v) is 10.6. The molecule has 0 radical (unpaired) electrons. The van der Waals surface area contributed by atoms with Gasteiger partial charge in [-0.2, -0.15) is 11.8 Å². The maximum Gasteiger partial charge on any atom is 0.00313 e. The lowest BCUT2D eigenvalue weighted by molar-refractivity contribution is 0.712. The summed E-state index contributed by atoms with van der Waals surface area (Å²) in [5, 5.41) is 1.18. The number of thioether (sulfide) groups is 1. The zero-order valence-electron chi connectivity index (χ0n) is 8.15. The molecule has 0 aliphatic rings. The number of hydrogen-bond donors (Lipinski definition) is 0. The van der Waals surface area contributed by atoms with Crippen molar-refractivity contribution < 1.29 is 0 Å². The second kappa shape index (κ2) is 11.8. The quantitative estimate of drug-likeness (QED) is 0.431. The Morgan fingerprint density at radius 2 is 1.58 bits per heavy atom. The second-order valence-electron chi connectivity index (χ2n) is 3.07. The minimum Gasteiger partial charge on any atom is -0.162 e. The van der Waals surface area contributed by atoms with E-state index in [1.807, 2.05) is 0 Å².